The highest BCUT2D eigenvalue weighted by molar-refractivity contribution is 5.34. The van der Waals surface area contributed by atoms with Crippen LogP contribution in [0.5, 0.6) is 0 Å². The summed E-state index contributed by atoms with van der Waals surface area (Å²) in [5, 5.41) is 0. The zero-order valence-corrected chi connectivity index (χ0v) is 13.1. The lowest BCUT2D eigenvalue weighted by atomic mass is 9.79. The van der Waals surface area contributed by atoms with Gasteiger partial charge in [0.15, 0.2) is 0 Å². The second-order valence-electron chi connectivity index (χ2n) is 6.32. The summed E-state index contributed by atoms with van der Waals surface area (Å²) in [6.07, 6.45) is 1.13. The lowest BCUT2D eigenvalue weighted by Crippen LogP contribution is -2.13. The molecule has 20 heavy (non-hydrogen) atoms. The summed E-state index contributed by atoms with van der Waals surface area (Å²) in [5.41, 5.74) is 4.47. The van der Waals surface area contributed by atoms with E-state index in [1.54, 1.807) is 0 Å². The average Bonchev–Trinajstić information content (AvgIpc) is 2.45. The van der Waals surface area contributed by atoms with Crippen molar-refractivity contribution < 1.29 is 0 Å². The van der Waals surface area contributed by atoms with Crippen LogP contribution in [0.25, 0.3) is 0 Å². The topological polar surface area (TPSA) is 0 Å². The summed E-state index contributed by atoms with van der Waals surface area (Å²) >= 11 is 0. The third kappa shape index (κ3) is 3.50. The Labute approximate surface area is 123 Å². The second-order valence-corrected chi connectivity index (χ2v) is 6.32. The minimum absolute atomic E-state index is 0.586. The van der Waals surface area contributed by atoms with Crippen molar-refractivity contribution in [3.8, 4) is 0 Å². The van der Waals surface area contributed by atoms with Gasteiger partial charge in [-0.2, -0.15) is 0 Å². The van der Waals surface area contributed by atoms with Gasteiger partial charge >= 0.3 is 0 Å². The predicted octanol–water partition coefficient (Wildman–Crippen LogP) is 5.79. The van der Waals surface area contributed by atoms with Gasteiger partial charge in [-0.25, -0.2) is 0 Å². The van der Waals surface area contributed by atoms with E-state index in [0.717, 1.165) is 6.42 Å². The van der Waals surface area contributed by atoms with Crippen molar-refractivity contribution in [3.63, 3.8) is 0 Å². The van der Waals surface area contributed by atoms with Crippen LogP contribution in [0.3, 0.4) is 0 Å². The van der Waals surface area contributed by atoms with Crippen molar-refractivity contribution in [2.75, 3.05) is 0 Å². The van der Waals surface area contributed by atoms with Crippen LogP contribution in [0.15, 0.2) is 54.6 Å². The molecule has 0 aromatic heterocycles. The quantitative estimate of drug-likeness (QED) is 0.642. The molecule has 0 N–H and O–H groups in total. The van der Waals surface area contributed by atoms with Gasteiger partial charge < -0.3 is 0 Å². The first kappa shape index (κ1) is 14.8. The Morgan fingerprint density at radius 1 is 0.700 bits per heavy atom. The van der Waals surface area contributed by atoms with Crippen molar-refractivity contribution in [3.05, 3.63) is 71.3 Å². The van der Waals surface area contributed by atoms with Gasteiger partial charge in [0.25, 0.3) is 0 Å². The van der Waals surface area contributed by atoms with Gasteiger partial charge in [-0.05, 0) is 40.9 Å². The Hall–Kier alpha value is -1.56. The molecule has 1 unspecified atom stereocenters. The molecule has 0 aliphatic carbocycles. The maximum Gasteiger partial charge on any atom is -0.00956 e. The molecule has 0 saturated heterocycles. The molecule has 0 spiro atoms. The van der Waals surface area contributed by atoms with Gasteiger partial charge in [0.05, 0.1) is 0 Å². The molecule has 0 radical (unpaired) electrons. The van der Waals surface area contributed by atoms with E-state index in [9.17, 15) is 0 Å². The summed E-state index contributed by atoms with van der Waals surface area (Å²) in [6, 6.07) is 19.8. The minimum Gasteiger partial charge on any atom is -0.0622 e. The fourth-order valence-corrected chi connectivity index (χ4v) is 2.95. The third-order valence-corrected chi connectivity index (χ3v) is 4.12. The molecule has 0 saturated carbocycles. The molecule has 2 aromatic carbocycles. The van der Waals surface area contributed by atoms with Gasteiger partial charge in [-0.3, -0.25) is 0 Å². The van der Waals surface area contributed by atoms with E-state index in [1.807, 2.05) is 0 Å². The molecule has 0 bridgehead atoms. The fourth-order valence-electron chi connectivity index (χ4n) is 2.95. The number of hydrogen-bond donors (Lipinski definition) is 0. The van der Waals surface area contributed by atoms with Gasteiger partial charge in [0.1, 0.15) is 0 Å². The van der Waals surface area contributed by atoms with Crippen molar-refractivity contribution in [1.82, 2.24) is 0 Å². The summed E-state index contributed by atoms with van der Waals surface area (Å²) in [4.78, 5) is 0. The molecule has 106 valence electrons. The normalized spacial score (nSPS) is 12.9. The van der Waals surface area contributed by atoms with Gasteiger partial charge in [-0.15, -0.1) is 0 Å². The second kappa shape index (κ2) is 6.74. The van der Waals surface area contributed by atoms with E-state index in [4.69, 9.17) is 0 Å². The molecular formula is C20H26. The molecule has 0 heterocycles. The average molecular weight is 266 g/mol. The van der Waals surface area contributed by atoms with Crippen LogP contribution in [0.1, 0.15) is 56.2 Å². The monoisotopic (exact) mass is 266 g/mol. The standard InChI is InChI=1S/C20H26/c1-15(2)18-12-8-9-13-19(18)20(16(3)4)14-17-10-6-5-7-11-17/h5-13,15-16,20H,14H2,1-4H3. The molecule has 0 nitrogen and oxygen atoms in total. The Kier molecular flexibility index (Phi) is 5.00. The Morgan fingerprint density at radius 2 is 1.25 bits per heavy atom. The Morgan fingerprint density at radius 3 is 1.80 bits per heavy atom. The summed E-state index contributed by atoms with van der Waals surface area (Å²) in [5.74, 6) is 1.83. The molecule has 2 aromatic rings. The van der Waals surface area contributed by atoms with E-state index in [1.165, 1.54) is 16.7 Å². The van der Waals surface area contributed by atoms with E-state index in [-0.39, 0.29) is 0 Å². The largest absolute Gasteiger partial charge is 0.0622 e. The molecule has 0 heteroatoms. The van der Waals surface area contributed by atoms with Crippen molar-refractivity contribution in [1.29, 1.82) is 0 Å². The van der Waals surface area contributed by atoms with Gasteiger partial charge in [-0.1, -0.05) is 82.3 Å². The third-order valence-electron chi connectivity index (χ3n) is 4.12. The summed E-state index contributed by atoms with van der Waals surface area (Å²) in [7, 11) is 0. The number of benzene rings is 2. The lowest BCUT2D eigenvalue weighted by molar-refractivity contribution is 0.490. The van der Waals surface area contributed by atoms with Crippen LogP contribution in [0.4, 0.5) is 0 Å². The molecule has 0 aliphatic rings. The van der Waals surface area contributed by atoms with Crippen molar-refractivity contribution in [2.24, 2.45) is 5.92 Å². The van der Waals surface area contributed by atoms with Crippen LogP contribution in [-0.4, -0.2) is 0 Å². The van der Waals surface area contributed by atoms with Crippen LogP contribution in [-0.2, 0) is 6.42 Å². The van der Waals surface area contributed by atoms with Crippen molar-refractivity contribution in [2.45, 2.75) is 46.0 Å². The van der Waals surface area contributed by atoms with E-state index >= 15 is 0 Å². The molecular weight excluding hydrogens is 240 g/mol. The van der Waals surface area contributed by atoms with Crippen LogP contribution < -0.4 is 0 Å². The zero-order valence-electron chi connectivity index (χ0n) is 13.1. The minimum atomic E-state index is 0.586. The number of hydrogen-bond acceptors (Lipinski definition) is 0. The highest BCUT2D eigenvalue weighted by Crippen LogP contribution is 2.33. The Bertz CT molecular complexity index is 523. The maximum absolute atomic E-state index is 2.34. The van der Waals surface area contributed by atoms with E-state index in [2.05, 4.69) is 82.3 Å². The first-order valence-electron chi connectivity index (χ1n) is 7.72. The van der Waals surface area contributed by atoms with Gasteiger partial charge in [0.2, 0.25) is 0 Å². The fraction of sp³-hybridized carbons (Fsp3) is 0.400. The predicted molar refractivity (Wildman–Crippen MR) is 88.3 cm³/mol. The zero-order chi connectivity index (χ0) is 14.5. The maximum atomic E-state index is 2.34. The highest BCUT2D eigenvalue weighted by atomic mass is 14.2. The van der Waals surface area contributed by atoms with Crippen LogP contribution in [0.2, 0.25) is 0 Å². The first-order valence-corrected chi connectivity index (χ1v) is 7.72. The molecule has 0 amide bonds. The molecule has 0 fully saturated rings. The molecule has 0 aliphatic heterocycles. The summed E-state index contributed by atoms with van der Waals surface area (Å²) < 4.78 is 0. The van der Waals surface area contributed by atoms with Gasteiger partial charge in [0, 0.05) is 0 Å². The SMILES string of the molecule is CC(C)c1ccccc1C(Cc1ccccc1)C(C)C. The number of rotatable bonds is 5. The molecule has 1 atom stereocenters. The van der Waals surface area contributed by atoms with E-state index < -0.39 is 0 Å². The van der Waals surface area contributed by atoms with Crippen LogP contribution >= 0.6 is 0 Å². The highest BCUT2D eigenvalue weighted by Gasteiger charge is 2.20. The molecule has 2 rings (SSSR count). The van der Waals surface area contributed by atoms with E-state index in [0.29, 0.717) is 17.8 Å². The summed E-state index contributed by atoms with van der Waals surface area (Å²) in [6.45, 7) is 9.26. The smallest absolute Gasteiger partial charge is 0.00956 e. The first-order chi connectivity index (χ1) is 9.59. The lowest BCUT2D eigenvalue weighted by Gasteiger charge is -2.25. The van der Waals surface area contributed by atoms with Crippen LogP contribution in [0, 0.1) is 5.92 Å². The van der Waals surface area contributed by atoms with Crippen molar-refractivity contribution >= 4 is 0 Å². The Balaban J connectivity index is 2.34.